The quantitative estimate of drug-likeness (QED) is 0.667. The Morgan fingerprint density at radius 3 is 2.39 bits per heavy atom. The summed E-state index contributed by atoms with van der Waals surface area (Å²) in [5.41, 5.74) is 2.09. The van der Waals surface area contributed by atoms with Crippen LogP contribution in [0.2, 0.25) is 0 Å². The third kappa shape index (κ3) is 4.87. The first-order valence-electron chi connectivity index (χ1n) is 10.9. The molecule has 4 heterocycles. The van der Waals surface area contributed by atoms with Gasteiger partial charge in [-0.25, -0.2) is 0 Å². The Morgan fingerprint density at radius 1 is 1.29 bits per heavy atom. The number of aromatic nitrogens is 3. The van der Waals surface area contributed by atoms with Gasteiger partial charge in [0.25, 0.3) is 5.91 Å². The molecule has 1 spiro atoms. The Kier molecular flexibility index (Phi) is 6.95. The van der Waals surface area contributed by atoms with Crippen molar-refractivity contribution in [2.24, 2.45) is 16.7 Å². The van der Waals surface area contributed by atoms with E-state index in [0.717, 1.165) is 38.2 Å². The van der Waals surface area contributed by atoms with E-state index in [1.807, 2.05) is 18.7 Å². The summed E-state index contributed by atoms with van der Waals surface area (Å²) in [7, 11) is 2.09. The molecule has 2 aromatic rings. The van der Waals surface area contributed by atoms with Crippen LogP contribution in [-0.4, -0.2) is 70.3 Å². The van der Waals surface area contributed by atoms with Gasteiger partial charge in [-0.3, -0.25) is 9.78 Å². The summed E-state index contributed by atoms with van der Waals surface area (Å²) in [6, 6.07) is 0. The lowest BCUT2D eigenvalue weighted by Crippen LogP contribution is -2.58. The molecule has 31 heavy (non-hydrogen) atoms. The molecular weight excluding hydrogens is 414 g/mol. The Labute approximate surface area is 188 Å². The maximum atomic E-state index is 12.6. The summed E-state index contributed by atoms with van der Waals surface area (Å²) in [5.74, 6) is 1.86. The molecule has 2 aliphatic heterocycles. The summed E-state index contributed by atoms with van der Waals surface area (Å²) in [6.07, 6.45) is 3.79. The van der Waals surface area contributed by atoms with Crippen LogP contribution in [0.25, 0.3) is 0 Å². The summed E-state index contributed by atoms with van der Waals surface area (Å²) in [6.45, 7) is 13.3. The molecule has 0 bridgehead atoms. The molecule has 1 amide bonds. The van der Waals surface area contributed by atoms with Crippen LogP contribution in [0.1, 0.15) is 61.4 Å². The molecule has 1 aliphatic carbocycles. The Bertz CT molecular complexity index is 889. The molecular formula is C22H33N5O3S. The highest BCUT2D eigenvalue weighted by atomic mass is 32.1. The van der Waals surface area contributed by atoms with Crippen molar-refractivity contribution >= 4 is 23.5 Å². The van der Waals surface area contributed by atoms with Crippen LogP contribution < -0.4 is 0 Å². The molecule has 8 nitrogen and oxygen atoms in total. The minimum atomic E-state index is 0.0470. The molecule has 0 aromatic carbocycles. The largest absolute Gasteiger partial charge is 0.340 e. The number of likely N-dealkylation sites (tertiary alicyclic amines) is 2. The first-order valence-corrected chi connectivity index (χ1v) is 11.7. The number of hydrogen-bond donors (Lipinski definition) is 0. The lowest BCUT2D eigenvalue weighted by atomic mass is 9.71. The third-order valence-corrected chi connectivity index (χ3v) is 7.12. The first-order chi connectivity index (χ1) is 14.7. The zero-order chi connectivity index (χ0) is 22.8. The van der Waals surface area contributed by atoms with Gasteiger partial charge in [0.1, 0.15) is 11.2 Å². The molecule has 2 atom stereocenters. The molecule has 2 unspecified atom stereocenters. The normalized spacial score (nSPS) is 25.0. The predicted molar refractivity (Wildman–Crippen MR) is 119 cm³/mol. The molecule has 170 valence electrons. The van der Waals surface area contributed by atoms with Crippen LogP contribution in [0, 0.1) is 23.7 Å². The minimum absolute atomic E-state index is 0.0470. The number of rotatable bonds is 3. The second-order valence-electron chi connectivity index (χ2n) is 9.25. The number of amides is 1. The van der Waals surface area contributed by atoms with Crippen LogP contribution in [0.15, 0.2) is 16.2 Å². The maximum absolute atomic E-state index is 12.6. The number of aryl methyl sites for hydroxylation is 1. The van der Waals surface area contributed by atoms with Crippen LogP contribution in [0.5, 0.6) is 0 Å². The van der Waals surface area contributed by atoms with E-state index >= 15 is 0 Å². The van der Waals surface area contributed by atoms with Gasteiger partial charge in [0.15, 0.2) is 5.82 Å². The number of carbonyl (C=O) groups is 2. The van der Waals surface area contributed by atoms with Crippen molar-refractivity contribution in [1.82, 2.24) is 24.9 Å². The van der Waals surface area contributed by atoms with Crippen LogP contribution >= 0.6 is 11.3 Å². The third-order valence-electron chi connectivity index (χ3n) is 6.36. The molecule has 2 aromatic heterocycles. The molecule has 3 aliphatic rings. The lowest BCUT2D eigenvalue weighted by Gasteiger charge is -2.48. The molecule has 0 N–H and O–H groups in total. The average Bonchev–Trinajstić information content (AvgIpc) is 3.24. The van der Waals surface area contributed by atoms with E-state index in [4.69, 9.17) is 4.52 Å². The van der Waals surface area contributed by atoms with E-state index in [2.05, 4.69) is 40.9 Å². The van der Waals surface area contributed by atoms with Crippen molar-refractivity contribution in [2.45, 2.75) is 47.0 Å². The Hall–Kier alpha value is -2.13. The molecule has 9 heteroatoms. The van der Waals surface area contributed by atoms with Crippen molar-refractivity contribution in [1.29, 1.82) is 0 Å². The highest BCUT2D eigenvalue weighted by Gasteiger charge is 2.56. The van der Waals surface area contributed by atoms with Crippen LogP contribution in [0.3, 0.4) is 0 Å². The van der Waals surface area contributed by atoms with Crippen LogP contribution in [-0.2, 0) is 4.79 Å². The predicted octanol–water partition coefficient (Wildman–Crippen LogP) is 3.26. The van der Waals surface area contributed by atoms with Gasteiger partial charge in [-0.2, -0.15) is 4.98 Å². The summed E-state index contributed by atoms with van der Waals surface area (Å²) < 4.78 is 5.15. The van der Waals surface area contributed by atoms with Gasteiger partial charge in [0.2, 0.25) is 5.89 Å². The minimum Gasteiger partial charge on any atom is -0.340 e. The van der Waals surface area contributed by atoms with Crippen molar-refractivity contribution < 1.29 is 14.1 Å². The maximum Gasteiger partial charge on any atom is 0.265 e. The van der Waals surface area contributed by atoms with Crippen molar-refractivity contribution in [3.63, 3.8) is 0 Å². The smallest absolute Gasteiger partial charge is 0.265 e. The fourth-order valence-corrected chi connectivity index (χ4v) is 5.09. The molecule has 1 saturated carbocycles. The monoisotopic (exact) mass is 447 g/mol. The van der Waals surface area contributed by atoms with E-state index in [1.165, 1.54) is 11.3 Å². The second kappa shape index (κ2) is 9.16. The molecule has 0 radical (unpaired) electrons. The first kappa shape index (κ1) is 23.5. The zero-order valence-electron chi connectivity index (χ0n) is 19.3. The van der Waals surface area contributed by atoms with E-state index in [0.29, 0.717) is 28.6 Å². The van der Waals surface area contributed by atoms with Gasteiger partial charge in [-0.15, -0.1) is 11.3 Å². The Morgan fingerprint density at radius 2 is 1.97 bits per heavy atom. The standard InChI is InChI=1S/C14H17N5O2S.C6H10O.C2H6/c1-9-16-12(17-21-9)10-4-19(7-14(10)5-18(2)6-14)13(20)11-3-15-8-22-11;1-6(2)3-5(6)4-7;1-2/h3,8,10H,4-7H2,1-2H3;4-5H,3H2,1-2H3;1-2H3. The van der Waals surface area contributed by atoms with Gasteiger partial charge < -0.3 is 19.1 Å². The van der Waals surface area contributed by atoms with E-state index in [9.17, 15) is 9.59 Å². The molecule has 2 saturated heterocycles. The number of hydrogen-bond acceptors (Lipinski definition) is 8. The van der Waals surface area contributed by atoms with Crippen molar-refractivity contribution in [2.75, 3.05) is 33.2 Å². The van der Waals surface area contributed by atoms with Gasteiger partial charge >= 0.3 is 0 Å². The van der Waals surface area contributed by atoms with Gasteiger partial charge in [-0.05, 0) is 18.9 Å². The van der Waals surface area contributed by atoms with Gasteiger partial charge in [0, 0.05) is 50.4 Å². The number of carbonyl (C=O) groups excluding carboxylic acids is 2. The van der Waals surface area contributed by atoms with Gasteiger partial charge in [-0.1, -0.05) is 32.9 Å². The number of nitrogens with zero attached hydrogens (tertiary/aromatic N) is 5. The lowest BCUT2D eigenvalue weighted by molar-refractivity contribution is -0.109. The van der Waals surface area contributed by atoms with E-state index in [-0.39, 0.29) is 17.2 Å². The molecule has 5 rings (SSSR count). The van der Waals surface area contributed by atoms with Crippen molar-refractivity contribution in [3.8, 4) is 0 Å². The zero-order valence-corrected chi connectivity index (χ0v) is 20.1. The summed E-state index contributed by atoms with van der Waals surface area (Å²) in [5, 5.41) is 4.10. The molecule has 3 fully saturated rings. The SMILES string of the molecule is CC.CC1(C)CC1C=O.Cc1nc(C2CN(C(=O)c3cncs3)CC23CN(C)C3)no1. The Balaban J connectivity index is 0.000000256. The van der Waals surface area contributed by atoms with Crippen molar-refractivity contribution in [3.05, 3.63) is 28.3 Å². The summed E-state index contributed by atoms with van der Waals surface area (Å²) >= 11 is 1.38. The number of aldehydes is 1. The fraction of sp³-hybridized carbons (Fsp3) is 0.682. The van der Waals surface area contributed by atoms with E-state index in [1.54, 1.807) is 18.6 Å². The number of thiazole rings is 1. The van der Waals surface area contributed by atoms with Crippen LogP contribution in [0.4, 0.5) is 0 Å². The topological polar surface area (TPSA) is 92.4 Å². The van der Waals surface area contributed by atoms with E-state index < -0.39 is 0 Å². The van der Waals surface area contributed by atoms with Gasteiger partial charge in [0.05, 0.1) is 11.7 Å². The second-order valence-corrected chi connectivity index (χ2v) is 10.1. The average molecular weight is 448 g/mol. The highest BCUT2D eigenvalue weighted by molar-refractivity contribution is 7.11. The highest BCUT2D eigenvalue weighted by Crippen LogP contribution is 2.50. The fourth-order valence-electron chi connectivity index (χ4n) is 4.50. The summed E-state index contributed by atoms with van der Waals surface area (Å²) in [4.78, 5) is 35.9.